The number of ether oxygens (including phenoxy) is 5. The predicted octanol–water partition coefficient (Wildman–Crippen LogP) is 4.37. The number of aliphatic hydroxyl groups excluding tert-OH is 1. The van der Waals surface area contributed by atoms with Gasteiger partial charge in [0.2, 0.25) is 12.3 Å². The number of hydrogen-bond donors (Lipinski definition) is 3. The first-order chi connectivity index (χ1) is 29.9. The highest BCUT2D eigenvalue weighted by atomic mass is 16.5. The van der Waals surface area contributed by atoms with E-state index in [4.69, 9.17) is 39.2 Å². The molecule has 2 aromatic heterocycles. The Morgan fingerprint density at radius 1 is 0.841 bits per heavy atom. The van der Waals surface area contributed by atoms with Gasteiger partial charge in [-0.3, -0.25) is 24.0 Å². The first-order valence-electron chi connectivity index (χ1n) is 21.0. The fourth-order valence-corrected chi connectivity index (χ4v) is 7.02. The molecule has 0 aliphatic carbocycles. The molecule has 19 heteroatoms. The Balaban J connectivity index is 2.11. The predicted molar refractivity (Wildman–Crippen MR) is 228 cm³/mol. The molecule has 0 saturated heterocycles. The second-order valence-electron chi connectivity index (χ2n) is 15.9. The summed E-state index contributed by atoms with van der Waals surface area (Å²) in [5.74, 6) is -4.01. The van der Waals surface area contributed by atoms with Crippen molar-refractivity contribution in [1.29, 1.82) is 0 Å². The summed E-state index contributed by atoms with van der Waals surface area (Å²) in [7, 11) is 7.35. The normalized spacial score (nSPS) is 16.6. The minimum Gasteiger partial charge on any atom is -0.464 e. The van der Waals surface area contributed by atoms with Gasteiger partial charge >= 0.3 is 17.8 Å². The second-order valence-corrected chi connectivity index (χ2v) is 15.9. The van der Waals surface area contributed by atoms with Gasteiger partial charge in [-0.25, -0.2) is 14.8 Å². The molecule has 0 aliphatic rings. The van der Waals surface area contributed by atoms with Crippen LogP contribution in [0, 0.1) is 23.7 Å². The third-order valence-electron chi connectivity index (χ3n) is 11.1. The van der Waals surface area contributed by atoms with E-state index in [1.165, 1.54) is 31.6 Å². The number of oxazole rings is 2. The van der Waals surface area contributed by atoms with Crippen LogP contribution in [0.25, 0.3) is 6.08 Å². The summed E-state index contributed by atoms with van der Waals surface area (Å²) in [5, 5.41) is 10.9. The Bertz CT molecular complexity index is 1810. The molecule has 2 heterocycles. The number of hydrogen-bond acceptors (Lipinski definition) is 17. The van der Waals surface area contributed by atoms with Gasteiger partial charge in [0.15, 0.2) is 5.69 Å². The zero-order valence-corrected chi connectivity index (χ0v) is 37.9. The van der Waals surface area contributed by atoms with Gasteiger partial charge in [-0.15, -0.1) is 0 Å². The van der Waals surface area contributed by atoms with Gasteiger partial charge in [0.25, 0.3) is 5.89 Å². The van der Waals surface area contributed by atoms with Crippen LogP contribution in [0.4, 0.5) is 0 Å². The molecule has 2 aromatic rings. The number of ketones is 2. The highest BCUT2D eigenvalue weighted by Gasteiger charge is 2.32. The molecule has 0 radical (unpaired) electrons. The molecule has 352 valence electrons. The number of carbonyl (C=O) groups is 6. The Morgan fingerprint density at radius 2 is 1.52 bits per heavy atom. The molecule has 5 N–H and O–H groups in total. The molecule has 0 spiro atoms. The molecule has 10 atom stereocenters. The number of primary amides is 1. The van der Waals surface area contributed by atoms with E-state index in [0.29, 0.717) is 38.5 Å². The van der Waals surface area contributed by atoms with Crippen molar-refractivity contribution in [2.24, 2.45) is 35.1 Å². The first kappa shape index (κ1) is 54.1. The summed E-state index contributed by atoms with van der Waals surface area (Å²) >= 11 is 0. The number of carbonyl (C=O) groups excluding carboxylic acids is 6. The molecule has 0 aliphatic heterocycles. The van der Waals surface area contributed by atoms with Crippen molar-refractivity contribution >= 4 is 41.9 Å². The van der Waals surface area contributed by atoms with Crippen LogP contribution in [-0.2, 0) is 42.9 Å². The van der Waals surface area contributed by atoms with Crippen molar-refractivity contribution in [3.05, 3.63) is 54.0 Å². The summed E-state index contributed by atoms with van der Waals surface area (Å²) in [4.78, 5) is 83.4. The van der Waals surface area contributed by atoms with Gasteiger partial charge in [0, 0.05) is 71.7 Å². The number of nitrogens with two attached hydrogens (primary N) is 2. The topological polar surface area (TPSA) is 276 Å². The van der Waals surface area contributed by atoms with E-state index >= 15 is 0 Å². The number of methoxy groups -OCH3 is 4. The monoisotopic (exact) mass is 889 g/mol. The van der Waals surface area contributed by atoms with Gasteiger partial charge in [0.1, 0.15) is 42.0 Å². The van der Waals surface area contributed by atoms with Gasteiger partial charge in [-0.1, -0.05) is 39.8 Å². The lowest BCUT2D eigenvalue weighted by molar-refractivity contribution is -0.156. The number of allylic oxidation sites excluding steroid dienone is 1. The number of Topliss-reactive ketones (excluding diaryl/α,β-unsaturated/α-hetero) is 2. The van der Waals surface area contributed by atoms with Crippen molar-refractivity contribution in [2.45, 2.75) is 122 Å². The summed E-state index contributed by atoms with van der Waals surface area (Å²) < 4.78 is 38.0. The van der Waals surface area contributed by atoms with Gasteiger partial charge in [0.05, 0.1) is 31.8 Å². The fourth-order valence-electron chi connectivity index (χ4n) is 7.02. The van der Waals surface area contributed by atoms with E-state index in [2.05, 4.69) is 14.7 Å². The average molecular weight is 890 g/mol. The van der Waals surface area contributed by atoms with E-state index in [1.54, 1.807) is 46.5 Å². The number of esters is 2. The molecule has 0 aromatic carbocycles. The Morgan fingerprint density at radius 3 is 2.13 bits per heavy atom. The third-order valence-corrected chi connectivity index (χ3v) is 11.1. The van der Waals surface area contributed by atoms with Crippen LogP contribution in [0.5, 0.6) is 0 Å². The molecule has 0 bridgehead atoms. The number of aliphatic hydroxyl groups is 1. The summed E-state index contributed by atoms with van der Waals surface area (Å²) in [6.07, 6.45) is 8.39. The molecule has 19 nitrogen and oxygen atoms in total. The minimum absolute atomic E-state index is 0.0178. The van der Waals surface area contributed by atoms with Gasteiger partial charge in [-0.2, -0.15) is 0 Å². The Kier molecular flexibility index (Phi) is 23.9. The lowest BCUT2D eigenvalue weighted by Crippen LogP contribution is -2.36. The van der Waals surface area contributed by atoms with Crippen molar-refractivity contribution in [2.75, 3.05) is 35.5 Å². The van der Waals surface area contributed by atoms with Crippen molar-refractivity contribution < 1.29 is 66.4 Å². The molecule has 0 fully saturated rings. The largest absolute Gasteiger partial charge is 0.464 e. The molecular formula is C44H67N5O14. The maximum absolute atomic E-state index is 13.4. The van der Waals surface area contributed by atoms with E-state index < -0.39 is 60.1 Å². The van der Waals surface area contributed by atoms with Crippen LogP contribution in [0.3, 0.4) is 0 Å². The SMILES string of the molecule is COC(=O)c1coc(/C=C/CCC(C)C(CC(OC)C(C)CCC(=O)C(C)C(C/C=C/N(C)C=O)OC)OC(=O)CC(O)CC(N)CC(=O)C(C)C(OC)c2coc(C(N)=O)n2)n1. The van der Waals surface area contributed by atoms with Crippen LogP contribution in [-0.4, -0.2) is 122 Å². The number of aromatic nitrogens is 2. The van der Waals surface area contributed by atoms with Crippen LogP contribution in [0.15, 0.2) is 39.7 Å². The highest BCUT2D eigenvalue weighted by molar-refractivity contribution is 5.88. The quantitative estimate of drug-likeness (QED) is 0.0679. The fraction of sp³-hybridized carbons (Fsp3) is 0.636. The number of rotatable bonds is 32. The van der Waals surface area contributed by atoms with Crippen molar-refractivity contribution in [3.63, 3.8) is 0 Å². The number of nitrogens with zero attached hydrogens (tertiary/aromatic N) is 3. The maximum Gasteiger partial charge on any atom is 0.360 e. The van der Waals surface area contributed by atoms with E-state index in [0.717, 1.165) is 0 Å². The summed E-state index contributed by atoms with van der Waals surface area (Å²) in [6.45, 7) is 7.33. The minimum atomic E-state index is -1.22. The van der Waals surface area contributed by atoms with E-state index in [9.17, 15) is 33.9 Å². The molecule has 2 amide bonds. The van der Waals surface area contributed by atoms with Crippen LogP contribution in [0.2, 0.25) is 0 Å². The zero-order valence-electron chi connectivity index (χ0n) is 37.9. The van der Waals surface area contributed by atoms with Crippen LogP contribution in [0.1, 0.15) is 124 Å². The van der Waals surface area contributed by atoms with Crippen LogP contribution < -0.4 is 11.5 Å². The summed E-state index contributed by atoms with van der Waals surface area (Å²) in [5.41, 5.74) is 11.7. The first-order valence-corrected chi connectivity index (χ1v) is 21.0. The molecular weight excluding hydrogens is 823 g/mol. The van der Waals surface area contributed by atoms with Crippen molar-refractivity contribution in [1.82, 2.24) is 14.9 Å². The Labute approximate surface area is 369 Å². The van der Waals surface area contributed by atoms with E-state index in [-0.39, 0.29) is 78.4 Å². The van der Waals surface area contributed by atoms with Gasteiger partial charge in [-0.05, 0) is 50.0 Å². The maximum atomic E-state index is 13.4. The van der Waals surface area contributed by atoms with Gasteiger partial charge < -0.3 is 54.0 Å². The highest BCUT2D eigenvalue weighted by Crippen LogP contribution is 2.29. The molecule has 0 saturated carbocycles. The molecule has 10 unspecified atom stereocenters. The zero-order chi connectivity index (χ0) is 47.2. The average Bonchev–Trinajstić information content (AvgIpc) is 3.95. The molecule has 2 rings (SSSR count). The smallest absolute Gasteiger partial charge is 0.360 e. The second kappa shape index (κ2) is 27.9. The number of amides is 2. The lowest BCUT2D eigenvalue weighted by atomic mass is 9.86. The Hall–Kier alpha value is -5.08. The molecule has 63 heavy (non-hydrogen) atoms. The standard InChI is InChI=1S/C44H67N5O14/c1-26(13-10-11-15-39-47-33(24-61-39)44(56)60-9)38(22-37(58-7)27(2)16-17-34(52)28(3)36(57-6)14-12-18-49(5)25-50)63-40(54)21-31(51)19-30(45)20-35(53)29(4)41(59-8)32-23-62-43(48-32)42(46)55/h11-12,15,18,23-31,36-38,41,51H,10,13-14,16-17,19-22,45H2,1-9H3,(H2,46,55)/b15-11+,18-12+. The van der Waals surface area contributed by atoms with Crippen LogP contribution >= 0.6 is 0 Å². The van der Waals surface area contributed by atoms with E-state index in [1.807, 2.05) is 26.8 Å². The lowest BCUT2D eigenvalue weighted by Gasteiger charge is -2.31. The third kappa shape index (κ3) is 18.3. The summed E-state index contributed by atoms with van der Waals surface area (Å²) in [6, 6.07) is -0.809. The van der Waals surface area contributed by atoms with Crippen molar-refractivity contribution in [3.8, 4) is 0 Å².